The van der Waals surface area contributed by atoms with Crippen molar-refractivity contribution in [1.82, 2.24) is 5.01 Å². The average Bonchev–Trinajstić information content (AvgIpc) is 3.40. The van der Waals surface area contributed by atoms with Crippen LogP contribution in [0.4, 0.5) is 4.39 Å². The van der Waals surface area contributed by atoms with Crippen LogP contribution in [0.2, 0.25) is 0 Å². The molecule has 1 saturated heterocycles. The summed E-state index contributed by atoms with van der Waals surface area (Å²) in [5.41, 5.74) is 0.733. The summed E-state index contributed by atoms with van der Waals surface area (Å²) in [5.74, 6) is 0.0134. The van der Waals surface area contributed by atoms with Crippen molar-refractivity contribution in [1.29, 1.82) is 0 Å². The zero-order chi connectivity index (χ0) is 17.8. The first-order valence-electron chi connectivity index (χ1n) is 8.58. The van der Waals surface area contributed by atoms with Crippen molar-refractivity contribution in [3.63, 3.8) is 0 Å². The van der Waals surface area contributed by atoms with Crippen molar-refractivity contribution in [3.05, 3.63) is 60.1 Å². The van der Waals surface area contributed by atoms with E-state index in [4.69, 9.17) is 4.42 Å². The van der Waals surface area contributed by atoms with Gasteiger partial charge in [0.05, 0.1) is 18.1 Å². The summed E-state index contributed by atoms with van der Waals surface area (Å²) >= 11 is 0. The van der Waals surface area contributed by atoms with E-state index >= 15 is 0 Å². The molecule has 0 unspecified atom stereocenters. The van der Waals surface area contributed by atoms with E-state index in [2.05, 4.69) is 5.10 Å². The number of hydrogen-bond acceptors (Lipinski definition) is 4. The van der Waals surface area contributed by atoms with Gasteiger partial charge in [-0.25, -0.2) is 4.39 Å². The first-order chi connectivity index (χ1) is 12.6. The molecule has 0 spiro atoms. The molecule has 2 fully saturated rings. The third kappa shape index (κ3) is 2.18. The van der Waals surface area contributed by atoms with Crippen LogP contribution in [0.1, 0.15) is 12.2 Å². The van der Waals surface area contributed by atoms with E-state index in [9.17, 15) is 14.0 Å². The number of furan rings is 1. The van der Waals surface area contributed by atoms with Crippen molar-refractivity contribution < 1.29 is 18.4 Å². The second kappa shape index (κ2) is 5.49. The normalized spacial score (nSPS) is 29.3. The van der Waals surface area contributed by atoms with Crippen molar-refractivity contribution in [3.8, 4) is 11.3 Å². The number of hydrazone groups is 1. The molecule has 1 aromatic carbocycles. The molecule has 2 heterocycles. The van der Waals surface area contributed by atoms with Crippen LogP contribution in [0.25, 0.3) is 11.3 Å². The standard InChI is InChI=1S/C20H15FN2O3/c21-14-5-3-11(4-6-14)16-8-7-15(26-16)10-22-23-19(24)17-12-1-2-13(9-12)18(17)20(23)25/h1-8,10,12-13,17-18H,9H2/b22-10-/t12-,13+,17-,18-/m0/s1. The average molecular weight is 350 g/mol. The van der Waals surface area contributed by atoms with E-state index in [1.165, 1.54) is 18.3 Å². The van der Waals surface area contributed by atoms with Gasteiger partial charge in [-0.3, -0.25) is 9.59 Å². The third-order valence-electron chi connectivity index (χ3n) is 5.50. The van der Waals surface area contributed by atoms with Gasteiger partial charge in [0.1, 0.15) is 17.3 Å². The maximum atomic E-state index is 13.0. The number of carbonyl (C=O) groups is 2. The molecule has 3 aliphatic rings. The molecule has 1 saturated carbocycles. The van der Waals surface area contributed by atoms with Crippen LogP contribution in [-0.2, 0) is 9.59 Å². The number of imide groups is 1. The van der Waals surface area contributed by atoms with Gasteiger partial charge in [-0.05, 0) is 54.7 Å². The fraction of sp³-hybridized carbons (Fsp3) is 0.250. The minimum absolute atomic E-state index is 0.162. The van der Waals surface area contributed by atoms with Crippen LogP contribution < -0.4 is 0 Å². The summed E-state index contributed by atoms with van der Waals surface area (Å²) in [7, 11) is 0. The van der Waals surface area contributed by atoms with Crippen LogP contribution in [0.5, 0.6) is 0 Å². The number of carbonyl (C=O) groups excluding carboxylic acids is 2. The SMILES string of the molecule is O=C1[C@@H]2[C@@H](C(=O)N1/N=C\c1ccc(-c3ccc(F)cc3)o1)[C@H]1C=C[C@@H]2C1. The number of nitrogens with zero attached hydrogens (tertiary/aromatic N) is 2. The third-order valence-corrected chi connectivity index (χ3v) is 5.50. The maximum Gasteiger partial charge on any atom is 0.254 e. The zero-order valence-corrected chi connectivity index (χ0v) is 13.7. The summed E-state index contributed by atoms with van der Waals surface area (Å²) in [5, 5.41) is 5.07. The van der Waals surface area contributed by atoms with E-state index in [1.807, 2.05) is 12.2 Å². The monoisotopic (exact) mass is 350 g/mol. The van der Waals surface area contributed by atoms with Gasteiger partial charge in [-0.2, -0.15) is 10.1 Å². The van der Waals surface area contributed by atoms with E-state index in [0.717, 1.165) is 17.0 Å². The molecule has 1 aliphatic heterocycles. The lowest BCUT2D eigenvalue weighted by Crippen LogP contribution is -2.28. The van der Waals surface area contributed by atoms with Gasteiger partial charge in [0.2, 0.25) is 0 Å². The molecule has 0 radical (unpaired) electrons. The molecule has 2 aromatic rings. The van der Waals surface area contributed by atoms with E-state index in [0.29, 0.717) is 11.5 Å². The predicted octanol–water partition coefficient (Wildman–Crippen LogP) is 3.23. The molecule has 2 bridgehead atoms. The number of allylic oxidation sites excluding steroid dienone is 2. The number of benzene rings is 1. The maximum absolute atomic E-state index is 13.0. The second-order valence-electron chi connectivity index (χ2n) is 6.94. The highest BCUT2D eigenvalue weighted by atomic mass is 19.1. The molecule has 6 heteroatoms. The Balaban J connectivity index is 1.36. The van der Waals surface area contributed by atoms with Crippen molar-refractivity contribution >= 4 is 18.0 Å². The molecule has 2 aliphatic carbocycles. The lowest BCUT2D eigenvalue weighted by Gasteiger charge is -2.13. The lowest BCUT2D eigenvalue weighted by molar-refractivity contribution is -0.140. The summed E-state index contributed by atoms with van der Waals surface area (Å²) in [6.45, 7) is 0. The van der Waals surface area contributed by atoms with Crippen molar-refractivity contribution in [2.45, 2.75) is 6.42 Å². The van der Waals surface area contributed by atoms with E-state index < -0.39 is 0 Å². The van der Waals surface area contributed by atoms with Crippen molar-refractivity contribution in [2.75, 3.05) is 0 Å². The Bertz CT molecular complexity index is 930. The van der Waals surface area contributed by atoms with Gasteiger partial charge in [-0.1, -0.05) is 12.2 Å². The largest absolute Gasteiger partial charge is 0.455 e. The highest BCUT2D eigenvalue weighted by molar-refractivity contribution is 6.06. The number of amides is 2. The molecule has 130 valence electrons. The fourth-order valence-electron chi connectivity index (χ4n) is 4.31. The Kier molecular flexibility index (Phi) is 3.22. The molecular weight excluding hydrogens is 335 g/mol. The second-order valence-corrected chi connectivity index (χ2v) is 6.94. The van der Waals surface area contributed by atoms with Gasteiger partial charge in [0.25, 0.3) is 11.8 Å². The minimum atomic E-state index is -0.317. The van der Waals surface area contributed by atoms with Gasteiger partial charge in [0.15, 0.2) is 0 Å². The molecule has 4 atom stereocenters. The first kappa shape index (κ1) is 15.3. The number of hydrogen-bond donors (Lipinski definition) is 0. The lowest BCUT2D eigenvalue weighted by atomic mass is 9.85. The zero-order valence-electron chi connectivity index (χ0n) is 13.7. The molecular formula is C20H15FN2O3. The van der Waals surface area contributed by atoms with Crippen LogP contribution >= 0.6 is 0 Å². The molecule has 0 N–H and O–H groups in total. The molecule has 2 amide bonds. The quantitative estimate of drug-likeness (QED) is 0.485. The van der Waals surface area contributed by atoms with Gasteiger partial charge in [-0.15, -0.1) is 0 Å². The smallest absolute Gasteiger partial charge is 0.254 e. The number of halogens is 1. The van der Waals surface area contributed by atoms with Crippen molar-refractivity contribution in [2.24, 2.45) is 28.8 Å². The highest BCUT2D eigenvalue weighted by Crippen LogP contribution is 2.52. The summed E-state index contributed by atoms with van der Waals surface area (Å²) in [6.07, 6.45) is 6.36. The van der Waals surface area contributed by atoms with Gasteiger partial charge in [0, 0.05) is 5.56 Å². The Labute approximate surface area is 148 Å². The topological polar surface area (TPSA) is 62.9 Å². The summed E-state index contributed by atoms with van der Waals surface area (Å²) in [6, 6.07) is 9.38. The Morgan fingerprint density at radius 1 is 1.00 bits per heavy atom. The minimum Gasteiger partial charge on any atom is -0.455 e. The van der Waals surface area contributed by atoms with Crippen LogP contribution in [-0.4, -0.2) is 23.0 Å². The first-order valence-corrected chi connectivity index (χ1v) is 8.58. The number of fused-ring (bicyclic) bond motifs is 5. The molecule has 26 heavy (non-hydrogen) atoms. The molecule has 1 aromatic heterocycles. The molecule has 5 rings (SSSR count). The fourth-order valence-corrected chi connectivity index (χ4v) is 4.31. The van der Waals surface area contributed by atoms with E-state index in [-0.39, 0.29) is 41.3 Å². The highest BCUT2D eigenvalue weighted by Gasteiger charge is 2.59. The summed E-state index contributed by atoms with van der Waals surface area (Å²) < 4.78 is 18.7. The summed E-state index contributed by atoms with van der Waals surface area (Å²) in [4.78, 5) is 25.1. The number of rotatable bonds is 3. The van der Waals surface area contributed by atoms with Crippen LogP contribution in [0.3, 0.4) is 0 Å². The predicted molar refractivity (Wildman–Crippen MR) is 91.3 cm³/mol. The van der Waals surface area contributed by atoms with Gasteiger partial charge < -0.3 is 4.42 Å². The van der Waals surface area contributed by atoms with Crippen LogP contribution in [0.15, 0.2) is 58.1 Å². The Morgan fingerprint density at radius 2 is 1.65 bits per heavy atom. The van der Waals surface area contributed by atoms with Crippen LogP contribution in [0, 0.1) is 29.5 Å². The molecule has 5 nitrogen and oxygen atoms in total. The Morgan fingerprint density at radius 3 is 2.31 bits per heavy atom. The Hall–Kier alpha value is -3.02. The van der Waals surface area contributed by atoms with E-state index in [1.54, 1.807) is 24.3 Å². The van der Waals surface area contributed by atoms with Gasteiger partial charge >= 0.3 is 0 Å².